The summed E-state index contributed by atoms with van der Waals surface area (Å²) in [5, 5.41) is 16.8. The van der Waals surface area contributed by atoms with Crippen LogP contribution < -0.4 is 5.73 Å². The normalized spacial score (nSPS) is 15.2. The van der Waals surface area contributed by atoms with Crippen LogP contribution in [0.25, 0.3) is 11.1 Å². The summed E-state index contributed by atoms with van der Waals surface area (Å²) in [5.74, 6) is -0.238. The van der Waals surface area contributed by atoms with Crippen LogP contribution >= 0.6 is 11.6 Å². The van der Waals surface area contributed by atoms with Gasteiger partial charge >= 0.3 is 0 Å². The van der Waals surface area contributed by atoms with Crippen molar-refractivity contribution in [3.8, 4) is 17.2 Å². The second-order valence-electron chi connectivity index (χ2n) is 7.15. The molecule has 0 saturated heterocycles. The number of nitrogens with two attached hydrogens (primary N) is 1. The number of carbonyl (C=O) groups is 2. The van der Waals surface area contributed by atoms with Crippen molar-refractivity contribution in [1.82, 2.24) is 9.88 Å². The Morgan fingerprint density at radius 1 is 1.43 bits per heavy atom. The second kappa shape index (κ2) is 9.09. The molecule has 0 radical (unpaired) electrons. The van der Waals surface area contributed by atoms with E-state index >= 15 is 0 Å². The number of nitrogens with zero attached hydrogens (tertiary/aromatic N) is 3. The van der Waals surface area contributed by atoms with E-state index in [-0.39, 0.29) is 40.3 Å². The average Bonchev–Trinajstić information content (AvgIpc) is 2.66. The topological polar surface area (TPSA) is 120 Å². The van der Waals surface area contributed by atoms with Gasteiger partial charge in [0.05, 0.1) is 5.69 Å². The third-order valence-electron chi connectivity index (χ3n) is 5.46. The largest absolute Gasteiger partial charge is 0.483 e. The van der Waals surface area contributed by atoms with Crippen molar-refractivity contribution in [3.63, 3.8) is 0 Å². The number of hydrogen-bond donors (Lipinski definition) is 2. The summed E-state index contributed by atoms with van der Waals surface area (Å²) in [6, 6.07) is 6.38. The molecule has 9 heteroatoms. The maximum absolute atomic E-state index is 14.7. The van der Waals surface area contributed by atoms with Gasteiger partial charge in [0.1, 0.15) is 23.3 Å². The van der Waals surface area contributed by atoms with Crippen LogP contribution in [0.15, 0.2) is 18.2 Å². The first-order chi connectivity index (χ1) is 14.4. The van der Waals surface area contributed by atoms with Gasteiger partial charge in [-0.15, -0.1) is 0 Å². The molecule has 1 aliphatic heterocycles. The summed E-state index contributed by atoms with van der Waals surface area (Å²) in [6.07, 6.45) is 3.46. The highest BCUT2D eigenvalue weighted by Crippen LogP contribution is 2.38. The number of nitriles is 1. The molecule has 156 valence electrons. The fraction of sp³-hybridized carbons (Fsp3) is 0.333. The lowest BCUT2D eigenvalue weighted by Crippen LogP contribution is -2.42. The molecule has 1 fully saturated rings. The minimum absolute atomic E-state index is 0.0827. The Kier molecular flexibility index (Phi) is 6.53. The Bertz CT molecular complexity index is 1030. The van der Waals surface area contributed by atoms with E-state index < -0.39 is 5.82 Å². The number of hydrogen-bond acceptors (Lipinski definition) is 5. The lowest BCUT2D eigenvalue weighted by molar-refractivity contribution is -0.139. The SMILES string of the molecule is N#Cc1c(N)nc2c(c1-c1ccc(Cl)cc1F)CN(C(=O)C1CCC1)CC2.O=CO. The van der Waals surface area contributed by atoms with Gasteiger partial charge in [-0.2, -0.15) is 5.26 Å². The first kappa shape index (κ1) is 21.5. The Morgan fingerprint density at radius 3 is 2.70 bits per heavy atom. The first-order valence-corrected chi connectivity index (χ1v) is 9.82. The number of carbonyl (C=O) groups excluding carboxylic acids is 1. The number of pyridine rings is 1. The van der Waals surface area contributed by atoms with Crippen LogP contribution in [0.4, 0.5) is 10.2 Å². The van der Waals surface area contributed by atoms with Crippen LogP contribution in [0.3, 0.4) is 0 Å². The van der Waals surface area contributed by atoms with Gasteiger partial charge in [0.25, 0.3) is 6.47 Å². The van der Waals surface area contributed by atoms with Crippen LogP contribution in [0.2, 0.25) is 5.02 Å². The fourth-order valence-electron chi connectivity index (χ4n) is 3.78. The summed E-state index contributed by atoms with van der Waals surface area (Å²) < 4.78 is 14.7. The lowest BCUT2D eigenvalue weighted by atomic mass is 9.83. The molecule has 1 aliphatic carbocycles. The zero-order valence-corrected chi connectivity index (χ0v) is 16.8. The van der Waals surface area contributed by atoms with E-state index in [1.807, 2.05) is 0 Å². The van der Waals surface area contributed by atoms with E-state index in [4.69, 9.17) is 27.2 Å². The molecule has 1 aromatic carbocycles. The van der Waals surface area contributed by atoms with Crippen LogP contribution in [0.1, 0.15) is 36.1 Å². The van der Waals surface area contributed by atoms with E-state index in [0.29, 0.717) is 36.3 Å². The number of carboxylic acid groups (broad SMARTS) is 1. The smallest absolute Gasteiger partial charge is 0.290 e. The lowest BCUT2D eigenvalue weighted by Gasteiger charge is -2.35. The maximum Gasteiger partial charge on any atom is 0.290 e. The third-order valence-corrected chi connectivity index (χ3v) is 5.69. The van der Waals surface area contributed by atoms with Crippen molar-refractivity contribution in [2.75, 3.05) is 12.3 Å². The molecule has 1 aromatic heterocycles. The maximum atomic E-state index is 14.7. The molecule has 0 unspecified atom stereocenters. The molecule has 2 aromatic rings. The molecule has 7 nitrogen and oxygen atoms in total. The molecule has 2 aliphatic rings. The highest BCUT2D eigenvalue weighted by Gasteiger charge is 2.33. The Morgan fingerprint density at radius 2 is 2.13 bits per heavy atom. The van der Waals surface area contributed by atoms with Gasteiger partial charge in [-0.25, -0.2) is 9.37 Å². The number of fused-ring (bicyclic) bond motifs is 1. The van der Waals surface area contributed by atoms with Crippen LogP contribution in [0.5, 0.6) is 0 Å². The summed E-state index contributed by atoms with van der Waals surface area (Å²) in [5.41, 5.74) is 8.19. The molecule has 30 heavy (non-hydrogen) atoms. The van der Waals surface area contributed by atoms with Crippen LogP contribution in [-0.4, -0.2) is 33.9 Å². The predicted molar refractivity (Wildman–Crippen MR) is 109 cm³/mol. The summed E-state index contributed by atoms with van der Waals surface area (Å²) >= 11 is 5.88. The van der Waals surface area contributed by atoms with Gasteiger partial charge in [0.15, 0.2) is 0 Å². The van der Waals surface area contributed by atoms with Crippen molar-refractivity contribution in [2.24, 2.45) is 5.92 Å². The molecule has 0 bridgehead atoms. The van der Waals surface area contributed by atoms with E-state index in [0.717, 1.165) is 19.3 Å². The number of amides is 1. The second-order valence-corrected chi connectivity index (χ2v) is 7.59. The van der Waals surface area contributed by atoms with Crippen molar-refractivity contribution in [3.05, 3.63) is 45.9 Å². The van der Waals surface area contributed by atoms with Crippen molar-refractivity contribution >= 4 is 29.8 Å². The van der Waals surface area contributed by atoms with Crippen LogP contribution in [0, 0.1) is 23.1 Å². The average molecular weight is 431 g/mol. The molecule has 2 heterocycles. The Balaban J connectivity index is 0.000000806. The molecule has 3 N–H and O–H groups in total. The van der Waals surface area contributed by atoms with E-state index in [1.165, 1.54) is 6.07 Å². The number of benzene rings is 1. The zero-order chi connectivity index (χ0) is 21.8. The minimum Gasteiger partial charge on any atom is -0.483 e. The molecular weight excluding hydrogens is 411 g/mol. The van der Waals surface area contributed by atoms with E-state index in [1.54, 1.807) is 17.0 Å². The van der Waals surface area contributed by atoms with Gasteiger partial charge in [-0.3, -0.25) is 9.59 Å². The molecule has 1 amide bonds. The first-order valence-electron chi connectivity index (χ1n) is 9.44. The standard InChI is InChI=1S/C20H18ClFN4O.CH2O2/c21-12-4-5-13(16(22)8-12)18-14(9-23)19(24)25-17-6-7-26(10-15(17)18)20(27)11-2-1-3-11;2-1-3/h4-5,8,11H,1-3,6-7,10H2,(H2,24,25);1H,(H,2,3). The summed E-state index contributed by atoms with van der Waals surface area (Å²) in [4.78, 5) is 27.2. The molecule has 4 rings (SSSR count). The molecular formula is C21H20ClFN4O3. The number of rotatable bonds is 2. The highest BCUT2D eigenvalue weighted by molar-refractivity contribution is 6.30. The number of aromatic nitrogens is 1. The summed E-state index contributed by atoms with van der Waals surface area (Å²) in [7, 11) is 0. The van der Waals surface area contributed by atoms with E-state index in [2.05, 4.69) is 11.1 Å². The molecule has 0 atom stereocenters. The predicted octanol–water partition coefficient (Wildman–Crippen LogP) is 3.38. The van der Waals surface area contributed by atoms with Crippen LogP contribution in [-0.2, 0) is 22.6 Å². The minimum atomic E-state index is -0.533. The Hall–Kier alpha value is -3.18. The number of halogens is 2. The van der Waals surface area contributed by atoms with Crippen molar-refractivity contribution in [1.29, 1.82) is 5.26 Å². The summed E-state index contributed by atoms with van der Waals surface area (Å²) in [6.45, 7) is 0.618. The molecule has 0 spiro atoms. The van der Waals surface area contributed by atoms with Gasteiger partial charge < -0.3 is 15.7 Å². The Labute approximate surface area is 177 Å². The highest BCUT2D eigenvalue weighted by atomic mass is 35.5. The quantitative estimate of drug-likeness (QED) is 0.704. The van der Waals surface area contributed by atoms with Crippen molar-refractivity contribution in [2.45, 2.75) is 32.2 Å². The van der Waals surface area contributed by atoms with Crippen molar-refractivity contribution < 1.29 is 19.1 Å². The monoisotopic (exact) mass is 430 g/mol. The van der Waals surface area contributed by atoms with Gasteiger partial charge in [-0.1, -0.05) is 18.0 Å². The molecule has 1 saturated carbocycles. The fourth-order valence-corrected chi connectivity index (χ4v) is 3.94. The number of nitrogen functional groups attached to an aromatic ring is 1. The third kappa shape index (κ3) is 4.07. The van der Waals surface area contributed by atoms with E-state index in [9.17, 15) is 14.4 Å². The van der Waals surface area contributed by atoms with Gasteiger partial charge in [0, 0.05) is 47.1 Å². The van der Waals surface area contributed by atoms with Gasteiger partial charge in [0.2, 0.25) is 5.91 Å². The van der Waals surface area contributed by atoms with Gasteiger partial charge in [-0.05, 0) is 31.0 Å². The number of anilines is 1. The zero-order valence-electron chi connectivity index (χ0n) is 16.1.